The molecule has 6 nitrogen and oxygen atoms in total. The van der Waals surface area contributed by atoms with Gasteiger partial charge in [0, 0.05) is 37.3 Å². The van der Waals surface area contributed by atoms with Crippen LogP contribution in [0.3, 0.4) is 0 Å². The van der Waals surface area contributed by atoms with Crippen LogP contribution in [0.2, 0.25) is 18.6 Å². The van der Waals surface area contributed by atoms with E-state index in [1.807, 2.05) is 47.4 Å². The van der Waals surface area contributed by atoms with Gasteiger partial charge in [0.05, 0.1) is 25.2 Å². The van der Waals surface area contributed by atoms with Crippen LogP contribution in [-0.2, 0) is 27.3 Å². The molecule has 8 heteroatoms. The second kappa shape index (κ2) is 14.6. The standard InChI is InChI=1S/C33H47FN2O4Si/c1-25-29(18-17-26-14-11-15-28(22-26)36-19-10-5-4-9-16-31(36)38)40-30(33(25)41(2,3)34)23-32(39)35(20-21-37)24-27-12-7-6-8-13-27/h6-8,11-15,22,25,29-30,33,37H,4-5,9-10,16-21,23-24H2,1-3H3/t25-,29+,30-,33+/m1/s1. The van der Waals surface area contributed by atoms with Crippen molar-refractivity contribution in [1.82, 2.24) is 4.90 Å². The minimum absolute atomic E-state index is 0.000927. The molecule has 4 atom stereocenters. The van der Waals surface area contributed by atoms with Crippen LogP contribution in [0.4, 0.5) is 9.80 Å². The van der Waals surface area contributed by atoms with Gasteiger partial charge in [-0.1, -0.05) is 62.2 Å². The molecule has 2 heterocycles. The van der Waals surface area contributed by atoms with Gasteiger partial charge in [0.15, 0.2) is 0 Å². The van der Waals surface area contributed by atoms with E-state index in [9.17, 15) is 14.7 Å². The highest BCUT2D eigenvalue weighted by molar-refractivity contribution is 6.72. The van der Waals surface area contributed by atoms with Gasteiger partial charge in [-0.3, -0.25) is 9.59 Å². The lowest BCUT2D eigenvalue weighted by Crippen LogP contribution is -2.40. The predicted molar refractivity (Wildman–Crippen MR) is 164 cm³/mol. The van der Waals surface area contributed by atoms with Gasteiger partial charge in [-0.25, -0.2) is 0 Å². The third-order valence-corrected chi connectivity index (χ3v) is 11.3. The average molecular weight is 583 g/mol. The van der Waals surface area contributed by atoms with E-state index in [1.54, 1.807) is 18.0 Å². The maximum atomic E-state index is 15.7. The smallest absolute Gasteiger partial charge is 0.246 e. The minimum Gasteiger partial charge on any atom is -0.395 e. The van der Waals surface area contributed by atoms with E-state index in [4.69, 9.17) is 4.74 Å². The highest BCUT2D eigenvalue weighted by atomic mass is 28.4. The number of hydrogen-bond donors (Lipinski definition) is 1. The summed E-state index contributed by atoms with van der Waals surface area (Å²) in [5.41, 5.74) is 2.80. The lowest BCUT2D eigenvalue weighted by atomic mass is 9.95. The Labute approximate surface area is 246 Å². The van der Waals surface area contributed by atoms with E-state index in [0.29, 0.717) is 13.0 Å². The number of nitrogens with zero attached hydrogens (tertiary/aromatic N) is 2. The van der Waals surface area contributed by atoms with Crippen molar-refractivity contribution < 1.29 is 23.5 Å². The largest absolute Gasteiger partial charge is 0.395 e. The second-order valence-electron chi connectivity index (χ2n) is 12.3. The molecule has 2 amide bonds. The SMILES string of the molecule is C[C@H]1[C@H]([Si](C)(C)F)[C@@H](CC(=O)N(CCO)Cc2ccccc2)O[C@H]1CCc1cccc(N2CCCCCCC2=O)c1. The van der Waals surface area contributed by atoms with Crippen molar-refractivity contribution in [3.8, 4) is 0 Å². The molecule has 2 saturated heterocycles. The summed E-state index contributed by atoms with van der Waals surface area (Å²) < 4.78 is 22.2. The lowest BCUT2D eigenvalue weighted by molar-refractivity contribution is -0.135. The number of aliphatic hydroxyl groups is 1. The van der Waals surface area contributed by atoms with Crippen LogP contribution in [0.25, 0.3) is 0 Å². The molecule has 0 aromatic heterocycles. The fourth-order valence-corrected chi connectivity index (χ4v) is 9.26. The van der Waals surface area contributed by atoms with Gasteiger partial charge in [0.25, 0.3) is 0 Å². The minimum atomic E-state index is -3.13. The number of carbonyl (C=O) groups is 2. The van der Waals surface area contributed by atoms with Crippen LogP contribution >= 0.6 is 0 Å². The zero-order valence-corrected chi connectivity index (χ0v) is 25.9. The normalized spacial score (nSPS) is 23.7. The van der Waals surface area contributed by atoms with Gasteiger partial charge in [-0.05, 0) is 68.0 Å². The Morgan fingerprint density at radius 2 is 1.78 bits per heavy atom. The van der Waals surface area contributed by atoms with Gasteiger partial charge in [-0.15, -0.1) is 0 Å². The number of benzene rings is 2. The van der Waals surface area contributed by atoms with Gasteiger partial charge < -0.3 is 23.8 Å². The molecular formula is C33H47FN2O4Si. The summed E-state index contributed by atoms with van der Waals surface area (Å²) in [6.45, 7) is 6.78. The summed E-state index contributed by atoms with van der Waals surface area (Å²) in [5.74, 6) is 0.0798. The molecule has 0 saturated carbocycles. The number of rotatable bonds is 11. The molecule has 0 aliphatic carbocycles. The fraction of sp³-hybridized carbons (Fsp3) is 0.576. The van der Waals surface area contributed by atoms with Gasteiger partial charge >= 0.3 is 0 Å². The summed E-state index contributed by atoms with van der Waals surface area (Å²) >= 11 is 0. The lowest BCUT2D eigenvalue weighted by Gasteiger charge is -2.30. The number of carbonyl (C=O) groups excluding carboxylic acids is 2. The third kappa shape index (κ3) is 8.49. The van der Waals surface area contributed by atoms with E-state index in [1.165, 1.54) is 0 Å². The van der Waals surface area contributed by atoms with E-state index >= 15 is 4.11 Å². The quantitative estimate of drug-likeness (QED) is 0.250. The van der Waals surface area contributed by atoms with Crippen molar-refractivity contribution in [2.24, 2.45) is 5.92 Å². The molecule has 1 N–H and O–H groups in total. The van der Waals surface area contributed by atoms with Crippen LogP contribution in [0, 0.1) is 5.92 Å². The number of amides is 2. The third-order valence-electron chi connectivity index (χ3n) is 8.77. The maximum Gasteiger partial charge on any atom is 0.246 e. The molecule has 2 aromatic carbocycles. The Bertz CT molecular complexity index is 1140. The summed E-state index contributed by atoms with van der Waals surface area (Å²) in [6, 6.07) is 17.9. The molecule has 0 radical (unpaired) electrons. The molecule has 2 fully saturated rings. The molecule has 0 spiro atoms. The topological polar surface area (TPSA) is 70.1 Å². The molecule has 2 aromatic rings. The fourth-order valence-electron chi connectivity index (χ4n) is 6.72. The number of ether oxygens (including phenoxy) is 1. The Balaban J connectivity index is 1.42. The van der Waals surface area contributed by atoms with Crippen molar-refractivity contribution in [3.05, 3.63) is 65.7 Å². The number of aliphatic hydroxyl groups excluding tert-OH is 1. The predicted octanol–water partition coefficient (Wildman–Crippen LogP) is 6.28. The maximum absolute atomic E-state index is 15.7. The number of anilines is 1. The summed E-state index contributed by atoms with van der Waals surface area (Å²) in [5, 5.41) is 9.61. The van der Waals surface area contributed by atoms with Gasteiger partial charge in [0.2, 0.25) is 20.2 Å². The zero-order chi connectivity index (χ0) is 29.4. The van der Waals surface area contributed by atoms with Crippen LogP contribution in [0.15, 0.2) is 54.6 Å². The Morgan fingerprint density at radius 3 is 2.51 bits per heavy atom. The summed E-state index contributed by atoms with van der Waals surface area (Å²) in [7, 11) is -3.13. The highest BCUT2D eigenvalue weighted by Crippen LogP contribution is 2.47. The first-order chi connectivity index (χ1) is 19.7. The van der Waals surface area contributed by atoms with Crippen LogP contribution < -0.4 is 4.90 Å². The average Bonchev–Trinajstić information content (AvgIpc) is 3.25. The molecule has 0 unspecified atom stereocenters. The molecular weight excluding hydrogens is 535 g/mol. The molecule has 2 aliphatic rings. The number of halogens is 1. The molecule has 224 valence electrons. The van der Waals surface area contributed by atoms with Crippen LogP contribution in [0.5, 0.6) is 0 Å². The highest BCUT2D eigenvalue weighted by Gasteiger charge is 2.51. The Morgan fingerprint density at radius 1 is 1.05 bits per heavy atom. The molecule has 41 heavy (non-hydrogen) atoms. The van der Waals surface area contributed by atoms with Crippen molar-refractivity contribution in [3.63, 3.8) is 0 Å². The van der Waals surface area contributed by atoms with Crippen LogP contribution in [-0.4, -0.2) is 62.1 Å². The first kappa shape index (κ1) is 31.4. The summed E-state index contributed by atoms with van der Waals surface area (Å²) in [4.78, 5) is 29.8. The Kier molecular flexibility index (Phi) is 11.1. The van der Waals surface area contributed by atoms with Crippen molar-refractivity contribution in [1.29, 1.82) is 0 Å². The molecule has 2 aliphatic heterocycles. The van der Waals surface area contributed by atoms with Crippen molar-refractivity contribution in [2.75, 3.05) is 24.6 Å². The van der Waals surface area contributed by atoms with Crippen molar-refractivity contribution >= 4 is 25.9 Å². The second-order valence-corrected chi connectivity index (χ2v) is 16.1. The van der Waals surface area contributed by atoms with E-state index in [-0.39, 0.29) is 48.9 Å². The van der Waals surface area contributed by atoms with Crippen LogP contribution in [0.1, 0.15) is 63.0 Å². The molecule has 0 bridgehead atoms. The van der Waals surface area contributed by atoms with E-state index in [2.05, 4.69) is 19.1 Å². The monoisotopic (exact) mass is 582 g/mol. The summed E-state index contributed by atoms with van der Waals surface area (Å²) in [6.07, 6.45) is 5.84. The Hall–Kier alpha value is -2.55. The van der Waals surface area contributed by atoms with E-state index in [0.717, 1.165) is 61.9 Å². The van der Waals surface area contributed by atoms with Crippen molar-refractivity contribution in [2.45, 2.75) is 95.7 Å². The molecule has 4 rings (SSSR count). The zero-order valence-electron chi connectivity index (χ0n) is 24.9. The first-order valence-corrected chi connectivity index (χ1v) is 18.3. The van der Waals surface area contributed by atoms with Gasteiger partial charge in [-0.2, -0.15) is 0 Å². The first-order valence-electron chi connectivity index (χ1n) is 15.3. The van der Waals surface area contributed by atoms with E-state index < -0.39 is 14.5 Å². The number of hydrogen-bond acceptors (Lipinski definition) is 4. The number of aryl methyl sites for hydroxylation is 1. The van der Waals surface area contributed by atoms with Gasteiger partial charge in [0.1, 0.15) is 0 Å².